The standard InChI is InChI=1S/C30H34F3N7O6/c1-3-43-26(41)20-14-29(16-35-20)7-10-39(11-8-29)23-13-24(37-27(34)36-23)46-25(30(31,32)33)19-5-4-18(22-15-44-28(42)45-22)12-21(19)40-9-6-17(2)38-40/h4-6,9,12-13,20,22,25,35H,3,7-8,10-11,14-16H2,1-2H3,(H2,34,36,37)/t20-,22?,25+/m0/s1. The number of piperidine rings is 1. The van der Waals surface area contributed by atoms with Crippen molar-refractivity contribution in [3.63, 3.8) is 0 Å². The minimum absolute atomic E-state index is 0.0714. The van der Waals surface area contributed by atoms with E-state index in [0.717, 1.165) is 12.8 Å². The Kier molecular flexibility index (Phi) is 8.39. The molecule has 2 aromatic heterocycles. The summed E-state index contributed by atoms with van der Waals surface area (Å²) >= 11 is 0. The smallest absolute Gasteiger partial charge is 0.465 e. The lowest BCUT2D eigenvalue weighted by atomic mass is 9.76. The van der Waals surface area contributed by atoms with Crippen molar-refractivity contribution in [3.05, 3.63) is 53.3 Å². The number of nitrogens with zero attached hydrogens (tertiary/aromatic N) is 5. The third-order valence-corrected chi connectivity index (χ3v) is 8.59. The molecular formula is C30H34F3N7O6. The summed E-state index contributed by atoms with van der Waals surface area (Å²) in [5.74, 6) is -0.505. The van der Waals surface area contributed by atoms with Gasteiger partial charge < -0.3 is 34.9 Å². The van der Waals surface area contributed by atoms with E-state index in [2.05, 4.69) is 20.4 Å². The zero-order valence-electron chi connectivity index (χ0n) is 25.2. The molecule has 246 valence electrons. The van der Waals surface area contributed by atoms with Gasteiger partial charge in [-0.1, -0.05) is 12.1 Å². The van der Waals surface area contributed by atoms with Gasteiger partial charge in [0.25, 0.3) is 0 Å². The average Bonchev–Trinajstić information content (AvgIpc) is 3.76. The topological polar surface area (TPSA) is 156 Å². The van der Waals surface area contributed by atoms with Crippen LogP contribution in [-0.4, -0.2) is 76.9 Å². The predicted octanol–water partition coefficient (Wildman–Crippen LogP) is 3.95. The van der Waals surface area contributed by atoms with Crippen molar-refractivity contribution in [2.75, 3.05) is 43.5 Å². The molecule has 5 heterocycles. The molecule has 3 saturated heterocycles. The van der Waals surface area contributed by atoms with Crippen LogP contribution in [0.3, 0.4) is 0 Å². The van der Waals surface area contributed by atoms with Crippen LogP contribution < -0.4 is 20.7 Å². The summed E-state index contributed by atoms with van der Waals surface area (Å²) in [5, 5.41) is 7.58. The fourth-order valence-electron chi connectivity index (χ4n) is 6.22. The van der Waals surface area contributed by atoms with E-state index in [4.69, 9.17) is 24.7 Å². The van der Waals surface area contributed by atoms with E-state index < -0.39 is 24.5 Å². The van der Waals surface area contributed by atoms with Gasteiger partial charge in [-0.2, -0.15) is 28.2 Å². The number of aryl methyl sites for hydroxylation is 1. The molecule has 46 heavy (non-hydrogen) atoms. The number of halogens is 3. The van der Waals surface area contributed by atoms with Gasteiger partial charge in [0.05, 0.1) is 18.0 Å². The predicted molar refractivity (Wildman–Crippen MR) is 156 cm³/mol. The number of alkyl halides is 3. The Morgan fingerprint density at radius 2 is 2.00 bits per heavy atom. The van der Waals surface area contributed by atoms with E-state index in [1.54, 1.807) is 19.9 Å². The van der Waals surface area contributed by atoms with E-state index in [-0.39, 0.29) is 47.1 Å². The normalized spacial score (nSPS) is 21.6. The molecule has 0 saturated carbocycles. The van der Waals surface area contributed by atoms with Crippen molar-refractivity contribution in [2.45, 2.75) is 57.5 Å². The maximum Gasteiger partial charge on any atom is 0.509 e. The summed E-state index contributed by atoms with van der Waals surface area (Å²) < 4.78 is 66.3. The minimum atomic E-state index is -4.87. The van der Waals surface area contributed by atoms with Gasteiger partial charge in [0, 0.05) is 37.5 Å². The van der Waals surface area contributed by atoms with Crippen LogP contribution in [-0.2, 0) is 19.0 Å². The molecule has 0 radical (unpaired) electrons. The van der Waals surface area contributed by atoms with Gasteiger partial charge in [0.1, 0.15) is 18.5 Å². The first-order valence-corrected chi connectivity index (χ1v) is 15.0. The first kappa shape index (κ1) is 31.4. The summed E-state index contributed by atoms with van der Waals surface area (Å²) in [7, 11) is 0. The molecule has 1 unspecified atom stereocenters. The molecule has 3 atom stereocenters. The molecule has 3 fully saturated rings. The monoisotopic (exact) mass is 645 g/mol. The molecule has 0 aliphatic carbocycles. The van der Waals surface area contributed by atoms with Crippen LogP contribution in [0.15, 0.2) is 36.5 Å². The van der Waals surface area contributed by atoms with Crippen LogP contribution in [0.4, 0.5) is 29.7 Å². The Hall–Kier alpha value is -4.60. The Bertz CT molecular complexity index is 1610. The number of benzene rings is 1. The third kappa shape index (κ3) is 6.52. The molecule has 3 N–H and O–H groups in total. The maximum absolute atomic E-state index is 14.7. The SMILES string of the molecule is CCOC(=O)[C@@H]1CC2(CCN(c3cc(O[C@H](c4ccc(C5COC(=O)O5)cc4-n4ccc(C)n4)C(F)(F)F)nc(N)n3)CC2)CN1. The zero-order chi connectivity index (χ0) is 32.6. The van der Waals surface area contributed by atoms with Crippen LogP contribution in [0.25, 0.3) is 5.69 Å². The van der Waals surface area contributed by atoms with Gasteiger partial charge in [-0.3, -0.25) is 4.79 Å². The minimum Gasteiger partial charge on any atom is -0.465 e. The number of esters is 1. The molecule has 3 aromatic rings. The van der Waals surface area contributed by atoms with Crippen LogP contribution >= 0.6 is 0 Å². The van der Waals surface area contributed by atoms with Crippen molar-refractivity contribution < 1.29 is 41.7 Å². The van der Waals surface area contributed by atoms with Gasteiger partial charge in [-0.15, -0.1) is 0 Å². The second kappa shape index (κ2) is 12.3. The third-order valence-electron chi connectivity index (χ3n) is 8.59. The Morgan fingerprint density at radius 1 is 1.22 bits per heavy atom. The van der Waals surface area contributed by atoms with Crippen molar-refractivity contribution in [1.82, 2.24) is 25.1 Å². The first-order valence-electron chi connectivity index (χ1n) is 15.0. The molecule has 3 aliphatic rings. The van der Waals surface area contributed by atoms with Gasteiger partial charge >= 0.3 is 18.3 Å². The number of aromatic nitrogens is 4. The molecule has 1 spiro atoms. The largest absolute Gasteiger partial charge is 0.509 e. The van der Waals surface area contributed by atoms with Gasteiger partial charge in [0.15, 0.2) is 6.10 Å². The van der Waals surface area contributed by atoms with Crippen molar-refractivity contribution >= 4 is 23.9 Å². The molecule has 1 aromatic carbocycles. The summed E-state index contributed by atoms with van der Waals surface area (Å²) in [6, 6.07) is 6.80. The van der Waals surface area contributed by atoms with Gasteiger partial charge in [0.2, 0.25) is 17.9 Å². The van der Waals surface area contributed by atoms with Crippen LogP contribution in [0.2, 0.25) is 0 Å². The number of ether oxygens (including phenoxy) is 4. The highest BCUT2D eigenvalue weighted by atomic mass is 19.4. The van der Waals surface area contributed by atoms with E-state index in [1.165, 1.54) is 35.1 Å². The van der Waals surface area contributed by atoms with E-state index >= 15 is 0 Å². The molecule has 13 nitrogen and oxygen atoms in total. The molecule has 0 amide bonds. The van der Waals surface area contributed by atoms with E-state index in [9.17, 15) is 22.8 Å². The van der Waals surface area contributed by atoms with E-state index in [1.807, 2.05) is 4.90 Å². The number of rotatable bonds is 8. The highest BCUT2D eigenvalue weighted by molar-refractivity contribution is 5.76. The van der Waals surface area contributed by atoms with Crippen molar-refractivity contribution in [3.8, 4) is 11.6 Å². The fourth-order valence-corrected chi connectivity index (χ4v) is 6.22. The second-order valence-corrected chi connectivity index (χ2v) is 11.7. The number of anilines is 2. The summed E-state index contributed by atoms with van der Waals surface area (Å²) in [6.07, 6.45) is -5.32. The van der Waals surface area contributed by atoms with Gasteiger partial charge in [-0.25, -0.2) is 9.48 Å². The number of carbonyl (C=O) groups excluding carboxylic acids is 2. The van der Waals surface area contributed by atoms with Crippen molar-refractivity contribution in [1.29, 1.82) is 0 Å². The maximum atomic E-state index is 14.7. The first-order chi connectivity index (χ1) is 21.9. The van der Waals surface area contributed by atoms with Gasteiger partial charge in [-0.05, 0) is 56.2 Å². The molecule has 6 rings (SSSR count). The van der Waals surface area contributed by atoms with Crippen molar-refractivity contribution in [2.24, 2.45) is 5.41 Å². The highest BCUT2D eigenvalue weighted by Crippen LogP contribution is 2.43. The number of cyclic esters (lactones) is 2. The summed E-state index contributed by atoms with van der Waals surface area (Å²) in [4.78, 5) is 33.9. The fraction of sp³-hybridized carbons (Fsp3) is 0.500. The quantitative estimate of drug-likeness (QED) is 0.341. The number of nitrogens with one attached hydrogen (secondary N) is 1. The summed E-state index contributed by atoms with van der Waals surface area (Å²) in [5.41, 5.74) is 6.72. The Morgan fingerprint density at radius 3 is 2.65 bits per heavy atom. The van der Waals surface area contributed by atoms with Crippen LogP contribution in [0, 0.1) is 12.3 Å². The summed E-state index contributed by atoms with van der Waals surface area (Å²) in [6.45, 7) is 5.49. The molecule has 0 bridgehead atoms. The van der Waals surface area contributed by atoms with Crippen LogP contribution in [0.1, 0.15) is 55.2 Å². The second-order valence-electron chi connectivity index (χ2n) is 11.7. The van der Waals surface area contributed by atoms with Crippen LogP contribution in [0.5, 0.6) is 5.88 Å². The number of nitrogen functional groups attached to an aromatic ring is 1. The van der Waals surface area contributed by atoms with E-state index in [0.29, 0.717) is 49.7 Å². The lowest BCUT2D eigenvalue weighted by Gasteiger charge is -2.39. The average molecular weight is 646 g/mol. The number of hydrogen-bond acceptors (Lipinski definition) is 12. The zero-order valence-corrected chi connectivity index (χ0v) is 25.2. The number of carbonyl (C=O) groups is 2. The Labute approximate surface area is 262 Å². The lowest BCUT2D eigenvalue weighted by Crippen LogP contribution is -2.41. The lowest BCUT2D eigenvalue weighted by molar-refractivity contribution is -0.198. The molecule has 16 heteroatoms. The number of hydrogen-bond donors (Lipinski definition) is 2. The number of nitrogens with two attached hydrogens (primary N) is 1. The molecule has 3 aliphatic heterocycles. The highest BCUT2D eigenvalue weighted by Gasteiger charge is 2.46. The molecular weight excluding hydrogens is 611 g/mol. The Balaban J connectivity index is 1.25.